The van der Waals surface area contributed by atoms with Gasteiger partial charge in [-0.05, 0) is 86.2 Å². The number of hydrogen-bond acceptors (Lipinski definition) is 6. The number of pyridine rings is 2. The Morgan fingerprint density at radius 1 is 0.756 bits per heavy atom. The summed E-state index contributed by atoms with van der Waals surface area (Å²) >= 11 is 0. The molecule has 8 heteroatoms. The number of imidazole rings is 1. The minimum absolute atomic E-state index is 0. The van der Waals surface area contributed by atoms with Crippen LogP contribution in [0, 0.1) is 0 Å². The first-order valence-electron chi connectivity index (χ1n) is 14.4. The maximum absolute atomic E-state index is 6.62. The van der Waals surface area contributed by atoms with Gasteiger partial charge in [-0.2, -0.15) is 0 Å². The average Bonchev–Trinajstić information content (AvgIpc) is 3.13. The fourth-order valence-corrected chi connectivity index (χ4v) is 6.13. The Labute approximate surface area is 247 Å². The van der Waals surface area contributed by atoms with E-state index in [9.17, 15) is 0 Å². The third-order valence-corrected chi connectivity index (χ3v) is 8.64. The highest BCUT2D eigenvalue weighted by Crippen LogP contribution is 2.39. The van der Waals surface area contributed by atoms with E-state index in [-0.39, 0.29) is 17.9 Å². The molecule has 4 N–H and O–H groups in total. The largest absolute Gasteiger partial charge is 0.383 e. The van der Waals surface area contributed by atoms with Crippen LogP contribution in [0.15, 0.2) is 79.0 Å². The molecule has 41 heavy (non-hydrogen) atoms. The number of aromatic nitrogens is 4. The van der Waals surface area contributed by atoms with Gasteiger partial charge in [0.25, 0.3) is 0 Å². The molecule has 0 atom stereocenters. The molecule has 1 saturated heterocycles. The number of rotatable bonds is 5. The van der Waals surface area contributed by atoms with Crippen LogP contribution in [-0.2, 0) is 5.54 Å². The van der Waals surface area contributed by atoms with E-state index in [0.717, 1.165) is 65.4 Å². The van der Waals surface area contributed by atoms with E-state index >= 15 is 0 Å². The third-order valence-electron chi connectivity index (χ3n) is 8.64. The lowest BCUT2D eigenvalue weighted by atomic mass is 9.73. The molecule has 0 bridgehead atoms. The monoisotopic (exact) mass is 565 g/mol. The van der Waals surface area contributed by atoms with Crippen molar-refractivity contribution < 1.29 is 0 Å². The Morgan fingerprint density at radius 2 is 1.54 bits per heavy atom. The first-order valence-corrected chi connectivity index (χ1v) is 14.4. The van der Waals surface area contributed by atoms with Crippen molar-refractivity contribution in [1.29, 1.82) is 0 Å². The van der Waals surface area contributed by atoms with E-state index in [0.29, 0.717) is 5.82 Å². The predicted octanol–water partition coefficient (Wildman–Crippen LogP) is 6.87. The summed E-state index contributed by atoms with van der Waals surface area (Å²) in [5.74, 6) is 1.17. The number of halogens is 1. The fourth-order valence-electron chi connectivity index (χ4n) is 6.13. The minimum atomic E-state index is -0.212. The Bertz CT molecular complexity index is 1670. The van der Waals surface area contributed by atoms with Crippen LogP contribution in [0.25, 0.3) is 39.5 Å². The van der Waals surface area contributed by atoms with E-state index < -0.39 is 0 Å². The lowest BCUT2D eigenvalue weighted by Gasteiger charge is -2.38. The molecule has 7 rings (SSSR count). The van der Waals surface area contributed by atoms with Gasteiger partial charge in [-0.1, -0.05) is 37.1 Å². The molecule has 0 amide bonds. The van der Waals surface area contributed by atoms with Crippen molar-refractivity contribution in [2.24, 2.45) is 5.73 Å². The van der Waals surface area contributed by atoms with E-state index in [1.54, 1.807) is 6.20 Å². The van der Waals surface area contributed by atoms with Crippen molar-refractivity contribution in [2.75, 3.05) is 23.7 Å². The zero-order chi connectivity index (χ0) is 27.1. The topological polar surface area (TPSA) is 98.9 Å². The van der Waals surface area contributed by atoms with Gasteiger partial charge in [-0.3, -0.25) is 4.57 Å². The van der Waals surface area contributed by atoms with Gasteiger partial charge < -0.3 is 16.4 Å². The Morgan fingerprint density at radius 3 is 2.24 bits per heavy atom. The summed E-state index contributed by atoms with van der Waals surface area (Å²) in [5, 5.41) is 0. The van der Waals surface area contributed by atoms with Crippen molar-refractivity contribution in [3.63, 3.8) is 0 Å². The number of nitrogens with two attached hydrogens (primary N) is 2. The van der Waals surface area contributed by atoms with Crippen molar-refractivity contribution in [2.45, 2.75) is 50.5 Å². The lowest BCUT2D eigenvalue weighted by molar-refractivity contribution is 0.253. The molecule has 1 saturated carbocycles. The summed E-state index contributed by atoms with van der Waals surface area (Å²) in [6.45, 7) is 2.22. The number of nitrogen functional groups attached to an aromatic ring is 1. The Kier molecular flexibility index (Phi) is 7.41. The smallest absolute Gasteiger partial charge is 0.165 e. The van der Waals surface area contributed by atoms with Crippen molar-refractivity contribution in [1.82, 2.24) is 19.5 Å². The van der Waals surface area contributed by atoms with Crippen LogP contribution < -0.4 is 16.4 Å². The SMILES string of the molecule is Cl.Nc1ncccc1-c1nc2ccc(-c3cccc(N4CCCCCC4)c3)nc2n1-c1ccc(C2(N)CCC2)cc1. The lowest BCUT2D eigenvalue weighted by Crippen LogP contribution is -2.43. The van der Waals surface area contributed by atoms with Crippen LogP contribution in [0.5, 0.6) is 0 Å². The highest BCUT2D eigenvalue weighted by Gasteiger charge is 2.34. The van der Waals surface area contributed by atoms with E-state index in [1.165, 1.54) is 43.4 Å². The normalized spacial score (nSPS) is 16.6. The zero-order valence-corrected chi connectivity index (χ0v) is 24.0. The molecule has 0 radical (unpaired) electrons. The highest BCUT2D eigenvalue weighted by atomic mass is 35.5. The van der Waals surface area contributed by atoms with Crippen LogP contribution in [-0.4, -0.2) is 32.6 Å². The van der Waals surface area contributed by atoms with Gasteiger partial charge in [-0.15, -0.1) is 12.4 Å². The molecular weight excluding hydrogens is 530 g/mol. The van der Waals surface area contributed by atoms with Gasteiger partial charge in [0.1, 0.15) is 11.3 Å². The van der Waals surface area contributed by atoms with Gasteiger partial charge in [0.2, 0.25) is 0 Å². The summed E-state index contributed by atoms with van der Waals surface area (Å²) in [5.41, 5.74) is 20.6. The van der Waals surface area contributed by atoms with E-state index in [2.05, 4.69) is 75.1 Å². The molecule has 5 aromatic rings. The Hall–Kier alpha value is -3.94. The summed E-state index contributed by atoms with van der Waals surface area (Å²) in [6, 6.07) is 25.3. The van der Waals surface area contributed by atoms with Gasteiger partial charge in [0.15, 0.2) is 11.5 Å². The van der Waals surface area contributed by atoms with Crippen molar-refractivity contribution in [3.05, 3.63) is 84.6 Å². The summed E-state index contributed by atoms with van der Waals surface area (Å²) in [4.78, 5) is 17.0. The van der Waals surface area contributed by atoms with Crippen LogP contribution in [0.3, 0.4) is 0 Å². The van der Waals surface area contributed by atoms with Crippen LogP contribution in [0.2, 0.25) is 0 Å². The summed E-state index contributed by atoms with van der Waals surface area (Å²) in [6.07, 6.45) is 10.1. The van der Waals surface area contributed by atoms with E-state index in [1.807, 2.05) is 12.1 Å². The Balaban J connectivity index is 0.00000302. The summed E-state index contributed by atoms with van der Waals surface area (Å²) in [7, 11) is 0. The van der Waals surface area contributed by atoms with E-state index in [4.69, 9.17) is 21.4 Å². The fraction of sp³-hybridized carbons (Fsp3) is 0.303. The molecule has 2 fully saturated rings. The first kappa shape index (κ1) is 27.2. The molecule has 3 aromatic heterocycles. The molecule has 7 nitrogen and oxygen atoms in total. The van der Waals surface area contributed by atoms with Crippen LogP contribution >= 0.6 is 12.4 Å². The maximum atomic E-state index is 6.62. The predicted molar refractivity (Wildman–Crippen MR) is 170 cm³/mol. The second-order valence-corrected chi connectivity index (χ2v) is 11.3. The van der Waals surface area contributed by atoms with Gasteiger partial charge in [0, 0.05) is 41.8 Å². The van der Waals surface area contributed by atoms with Gasteiger partial charge in [0.05, 0.1) is 11.3 Å². The number of anilines is 2. The van der Waals surface area contributed by atoms with Crippen molar-refractivity contribution in [3.8, 4) is 28.3 Å². The average molecular weight is 566 g/mol. The zero-order valence-electron chi connectivity index (χ0n) is 23.2. The summed E-state index contributed by atoms with van der Waals surface area (Å²) < 4.78 is 2.10. The second kappa shape index (κ2) is 11.1. The quantitative estimate of drug-likeness (QED) is 0.241. The third kappa shape index (κ3) is 5.04. The molecule has 2 aliphatic rings. The number of hydrogen-bond donors (Lipinski definition) is 2. The minimum Gasteiger partial charge on any atom is -0.383 e. The van der Waals surface area contributed by atoms with Gasteiger partial charge >= 0.3 is 0 Å². The molecule has 1 aliphatic heterocycles. The molecule has 4 heterocycles. The van der Waals surface area contributed by atoms with Crippen LogP contribution in [0.4, 0.5) is 11.5 Å². The second-order valence-electron chi connectivity index (χ2n) is 11.3. The first-order chi connectivity index (χ1) is 19.6. The molecule has 0 unspecified atom stereocenters. The standard InChI is InChI=1S/C33H35N7.ClH/c34-30-27(10-6-19-36-30)31-38-29-16-15-28(23-8-5-9-26(22-23)39-20-3-1-2-4-21-39)37-32(29)40(31)25-13-11-24(12-14-25)33(35)17-7-18-33;/h5-6,8-16,19,22H,1-4,7,17-18,20-21,35H2,(H2,34,36);1H. The molecular formula is C33H36ClN7. The molecule has 0 spiro atoms. The highest BCUT2D eigenvalue weighted by molar-refractivity contribution is 5.85. The molecule has 2 aromatic carbocycles. The maximum Gasteiger partial charge on any atom is 0.165 e. The number of nitrogens with zero attached hydrogens (tertiary/aromatic N) is 5. The number of benzene rings is 2. The van der Waals surface area contributed by atoms with Crippen LogP contribution in [0.1, 0.15) is 50.5 Å². The van der Waals surface area contributed by atoms with Gasteiger partial charge in [-0.25, -0.2) is 15.0 Å². The molecule has 210 valence electrons. The number of fused-ring (bicyclic) bond motifs is 1. The van der Waals surface area contributed by atoms with Crippen molar-refractivity contribution >= 4 is 35.1 Å². The molecule has 1 aliphatic carbocycles.